The fourth-order valence-electron chi connectivity index (χ4n) is 6.39. The lowest BCUT2D eigenvalue weighted by Crippen LogP contribution is -2.47. The van der Waals surface area contributed by atoms with Crippen molar-refractivity contribution in [2.75, 3.05) is 0 Å². The van der Waals surface area contributed by atoms with Gasteiger partial charge in [-0.1, -0.05) is 23.5 Å². The van der Waals surface area contributed by atoms with Gasteiger partial charge in [0.15, 0.2) is 0 Å². The van der Waals surface area contributed by atoms with E-state index in [4.69, 9.17) is 5.10 Å². The van der Waals surface area contributed by atoms with E-state index in [9.17, 15) is 4.79 Å². The van der Waals surface area contributed by atoms with Gasteiger partial charge in [-0.15, -0.1) is 0 Å². The number of nitrogens with zero attached hydrogens (tertiary/aromatic N) is 3. The van der Waals surface area contributed by atoms with Crippen LogP contribution in [0.15, 0.2) is 29.1 Å². The van der Waals surface area contributed by atoms with Gasteiger partial charge >= 0.3 is 0 Å². The molecule has 2 heterocycles. The summed E-state index contributed by atoms with van der Waals surface area (Å²) >= 11 is 1.62. The second-order valence-corrected chi connectivity index (χ2v) is 9.76. The van der Waals surface area contributed by atoms with Gasteiger partial charge in [0, 0.05) is 6.42 Å². The Morgan fingerprint density at radius 2 is 1.76 bits per heavy atom. The van der Waals surface area contributed by atoms with E-state index >= 15 is 0 Å². The van der Waals surface area contributed by atoms with Gasteiger partial charge in [0.05, 0.1) is 10.9 Å². The van der Waals surface area contributed by atoms with Crippen LogP contribution >= 0.6 is 11.3 Å². The third-order valence-electron chi connectivity index (χ3n) is 6.84. The molecule has 128 valence electrons. The molecule has 4 saturated carbocycles. The summed E-state index contributed by atoms with van der Waals surface area (Å²) in [6.07, 6.45) is 9.56. The first-order valence-corrected chi connectivity index (χ1v) is 10.3. The minimum atomic E-state index is -0.0337. The van der Waals surface area contributed by atoms with Crippen molar-refractivity contribution in [3.8, 4) is 0 Å². The average molecular weight is 351 g/mol. The molecule has 7 rings (SSSR count). The molecule has 0 saturated heterocycles. The molecule has 0 aliphatic heterocycles. The lowest BCUT2D eigenvalue weighted by atomic mass is 9.49. The normalized spacial score (nSPS) is 33.5. The number of hydrogen-bond donors (Lipinski definition) is 0. The highest BCUT2D eigenvalue weighted by atomic mass is 32.1. The van der Waals surface area contributed by atoms with Crippen LogP contribution in [-0.4, -0.2) is 14.6 Å². The quantitative estimate of drug-likeness (QED) is 0.699. The number of rotatable bonds is 2. The first-order valence-electron chi connectivity index (χ1n) is 9.45. The van der Waals surface area contributed by atoms with Crippen LogP contribution < -0.4 is 5.56 Å². The van der Waals surface area contributed by atoms with Crippen LogP contribution in [0.3, 0.4) is 0 Å². The molecule has 0 radical (unpaired) electrons. The maximum atomic E-state index is 12.7. The van der Waals surface area contributed by atoms with Gasteiger partial charge in [-0.05, 0) is 73.8 Å². The average Bonchev–Trinajstić information content (AvgIpc) is 2.95. The van der Waals surface area contributed by atoms with E-state index in [-0.39, 0.29) is 5.56 Å². The SMILES string of the molecule is O=c1c2ccccc2nc2sc(CC34CC5CC(CC(C5)C3)C4)nn12. The Morgan fingerprint density at radius 3 is 2.48 bits per heavy atom. The highest BCUT2D eigenvalue weighted by Gasteiger charge is 2.51. The van der Waals surface area contributed by atoms with Crippen molar-refractivity contribution in [1.29, 1.82) is 0 Å². The summed E-state index contributed by atoms with van der Waals surface area (Å²) in [5.74, 6) is 2.84. The van der Waals surface area contributed by atoms with Crippen LogP contribution in [-0.2, 0) is 6.42 Å². The number of fused-ring (bicyclic) bond motifs is 2. The fourth-order valence-corrected chi connectivity index (χ4v) is 7.46. The predicted octanol–water partition coefficient (Wildman–Crippen LogP) is 4.06. The monoisotopic (exact) mass is 351 g/mol. The smallest absolute Gasteiger partial charge is 0.267 e. The van der Waals surface area contributed by atoms with Crippen LogP contribution in [0, 0.1) is 23.2 Å². The van der Waals surface area contributed by atoms with E-state index in [1.807, 2.05) is 24.3 Å². The second-order valence-electron chi connectivity index (χ2n) is 8.72. The zero-order chi connectivity index (χ0) is 16.6. The van der Waals surface area contributed by atoms with Crippen LogP contribution in [0.4, 0.5) is 0 Å². The zero-order valence-corrected chi connectivity index (χ0v) is 15.0. The van der Waals surface area contributed by atoms with Crippen molar-refractivity contribution in [2.45, 2.75) is 44.9 Å². The fraction of sp³-hybridized carbons (Fsp3) is 0.550. The van der Waals surface area contributed by atoms with E-state index < -0.39 is 0 Å². The van der Waals surface area contributed by atoms with Crippen LogP contribution in [0.25, 0.3) is 15.9 Å². The molecule has 0 atom stereocenters. The van der Waals surface area contributed by atoms with Crippen molar-refractivity contribution in [3.63, 3.8) is 0 Å². The lowest BCUT2D eigenvalue weighted by Gasteiger charge is -2.56. The maximum absolute atomic E-state index is 12.7. The Bertz CT molecular complexity index is 1010. The largest absolute Gasteiger partial charge is 0.283 e. The third-order valence-corrected chi connectivity index (χ3v) is 7.74. The molecule has 0 amide bonds. The van der Waals surface area contributed by atoms with Crippen LogP contribution in [0.1, 0.15) is 43.5 Å². The maximum Gasteiger partial charge on any atom is 0.283 e. The Balaban J connectivity index is 1.43. The number of aromatic nitrogens is 3. The van der Waals surface area contributed by atoms with Crippen molar-refractivity contribution < 1.29 is 0 Å². The van der Waals surface area contributed by atoms with E-state index in [0.29, 0.717) is 10.8 Å². The van der Waals surface area contributed by atoms with E-state index in [1.165, 1.54) is 43.0 Å². The third kappa shape index (κ3) is 2.14. The summed E-state index contributed by atoms with van der Waals surface area (Å²) in [6, 6.07) is 7.58. The van der Waals surface area contributed by atoms with Gasteiger partial charge in [-0.3, -0.25) is 4.79 Å². The minimum Gasteiger partial charge on any atom is -0.267 e. The summed E-state index contributed by atoms with van der Waals surface area (Å²) < 4.78 is 1.53. The molecule has 4 bridgehead atoms. The van der Waals surface area contributed by atoms with Gasteiger partial charge in [-0.2, -0.15) is 9.61 Å². The summed E-state index contributed by atoms with van der Waals surface area (Å²) in [6.45, 7) is 0. The van der Waals surface area contributed by atoms with Gasteiger partial charge in [-0.25, -0.2) is 4.98 Å². The van der Waals surface area contributed by atoms with E-state index in [2.05, 4.69) is 4.98 Å². The highest BCUT2D eigenvalue weighted by molar-refractivity contribution is 7.16. The Labute approximate surface area is 149 Å². The molecule has 1 aromatic carbocycles. The summed E-state index contributed by atoms with van der Waals surface area (Å²) in [4.78, 5) is 18.1. The molecule has 0 N–H and O–H groups in total. The molecule has 4 aliphatic carbocycles. The Morgan fingerprint density at radius 1 is 1.08 bits per heavy atom. The minimum absolute atomic E-state index is 0.0337. The van der Waals surface area contributed by atoms with Crippen molar-refractivity contribution in [2.24, 2.45) is 23.2 Å². The predicted molar refractivity (Wildman–Crippen MR) is 98.9 cm³/mol. The Kier molecular flexibility index (Phi) is 2.83. The van der Waals surface area contributed by atoms with Gasteiger partial charge in [0.25, 0.3) is 5.56 Å². The molecule has 3 aromatic rings. The van der Waals surface area contributed by atoms with Crippen molar-refractivity contribution in [1.82, 2.24) is 14.6 Å². The number of para-hydroxylation sites is 1. The molecular formula is C20H21N3OS. The lowest BCUT2D eigenvalue weighted by molar-refractivity contribution is -0.0522. The summed E-state index contributed by atoms with van der Waals surface area (Å²) in [5, 5.41) is 6.46. The molecule has 5 heteroatoms. The molecule has 4 nitrogen and oxygen atoms in total. The first kappa shape index (κ1) is 14.4. The van der Waals surface area contributed by atoms with Gasteiger partial charge in [0.1, 0.15) is 5.01 Å². The molecule has 4 aliphatic rings. The standard InChI is InChI=1S/C20H21N3OS/c24-18-15-3-1-2-4-16(15)21-19-23(18)22-17(25-19)11-20-8-12-5-13(9-20)7-14(6-12)10-20/h1-4,12-14H,5-11H2. The zero-order valence-electron chi connectivity index (χ0n) is 14.1. The molecular weight excluding hydrogens is 330 g/mol. The molecule has 25 heavy (non-hydrogen) atoms. The number of hydrogen-bond acceptors (Lipinski definition) is 4. The molecule has 0 unspecified atom stereocenters. The summed E-state index contributed by atoms with van der Waals surface area (Å²) in [7, 11) is 0. The topological polar surface area (TPSA) is 47.3 Å². The first-order chi connectivity index (χ1) is 12.2. The molecule has 2 aromatic heterocycles. The Hall–Kier alpha value is -1.75. The summed E-state index contributed by atoms with van der Waals surface area (Å²) in [5.41, 5.74) is 1.19. The highest BCUT2D eigenvalue weighted by Crippen LogP contribution is 2.61. The van der Waals surface area contributed by atoms with Gasteiger partial charge in [0.2, 0.25) is 4.96 Å². The van der Waals surface area contributed by atoms with Crippen molar-refractivity contribution in [3.05, 3.63) is 39.6 Å². The molecule has 0 spiro atoms. The van der Waals surface area contributed by atoms with Gasteiger partial charge < -0.3 is 0 Å². The molecule has 4 fully saturated rings. The van der Waals surface area contributed by atoms with E-state index in [0.717, 1.165) is 39.7 Å². The van der Waals surface area contributed by atoms with E-state index in [1.54, 1.807) is 11.3 Å². The second kappa shape index (κ2) is 4.91. The number of benzene rings is 1. The van der Waals surface area contributed by atoms with Crippen LogP contribution in [0.5, 0.6) is 0 Å². The van der Waals surface area contributed by atoms with Crippen LogP contribution in [0.2, 0.25) is 0 Å². The van der Waals surface area contributed by atoms with Crippen molar-refractivity contribution >= 4 is 27.2 Å².